The number of thioether (sulfide) groups is 2. The standard InChI is InChI=1S/C50H32N2S6/c1-53-29-25-39(51-35-17-3-7-21-41(35)55-42-22-8-4-18-36(42)51)47-33-15-11-13-31(49(33)57-45(47)27-29)32-14-12-16-34-48-40(26-30(54-2)28-46(48)58-50(32)34)52-37-19-5-9-23-43(37)56-44-24-10-6-20-38(44)52/h3-28H,1-2H3. The van der Waals surface area contributed by atoms with Crippen LogP contribution < -0.4 is 9.80 Å². The minimum Gasteiger partial charge on any atom is -0.307 e. The van der Waals surface area contributed by atoms with Crippen molar-refractivity contribution < 1.29 is 0 Å². The molecule has 0 amide bonds. The van der Waals surface area contributed by atoms with Crippen molar-refractivity contribution >= 4 is 144 Å². The molecule has 0 saturated carbocycles. The van der Waals surface area contributed by atoms with Gasteiger partial charge < -0.3 is 9.80 Å². The monoisotopic (exact) mass is 852 g/mol. The molecule has 0 unspecified atom stereocenters. The Hall–Kier alpha value is -4.80. The number of nitrogens with zero attached hydrogens (tertiary/aromatic N) is 2. The van der Waals surface area contributed by atoms with Crippen molar-refractivity contribution in [2.45, 2.75) is 29.4 Å². The second-order valence-electron chi connectivity index (χ2n) is 14.4. The van der Waals surface area contributed by atoms with Crippen molar-refractivity contribution in [2.75, 3.05) is 22.3 Å². The Morgan fingerprint density at radius 3 is 1.10 bits per heavy atom. The minimum absolute atomic E-state index is 1.23. The van der Waals surface area contributed by atoms with Gasteiger partial charge in [-0.05, 0) is 85.3 Å². The normalized spacial score (nSPS) is 13.3. The van der Waals surface area contributed by atoms with Crippen LogP contribution in [0.5, 0.6) is 0 Å². The molecule has 58 heavy (non-hydrogen) atoms. The maximum absolute atomic E-state index is 2.51. The van der Waals surface area contributed by atoms with E-state index in [1.54, 1.807) is 0 Å². The second kappa shape index (κ2) is 13.9. The lowest BCUT2D eigenvalue weighted by Gasteiger charge is -2.33. The van der Waals surface area contributed by atoms with E-state index in [9.17, 15) is 0 Å². The number of rotatable bonds is 5. The summed E-state index contributed by atoms with van der Waals surface area (Å²) in [5, 5.41) is 5.23. The maximum Gasteiger partial charge on any atom is 0.0601 e. The first kappa shape index (κ1) is 35.2. The van der Waals surface area contributed by atoms with Crippen LogP contribution >= 0.6 is 69.7 Å². The second-order valence-corrected chi connectivity index (χ2v) is 20.4. The molecule has 8 heteroatoms. The van der Waals surface area contributed by atoms with Crippen molar-refractivity contribution in [3.63, 3.8) is 0 Å². The highest BCUT2D eigenvalue weighted by Crippen LogP contribution is 2.57. The highest BCUT2D eigenvalue weighted by atomic mass is 32.2. The van der Waals surface area contributed by atoms with Gasteiger partial charge in [0.1, 0.15) is 0 Å². The van der Waals surface area contributed by atoms with Gasteiger partial charge >= 0.3 is 0 Å². The van der Waals surface area contributed by atoms with E-state index in [1.807, 2.05) is 69.7 Å². The van der Waals surface area contributed by atoms with Gasteiger partial charge in [0.05, 0.1) is 34.1 Å². The quantitative estimate of drug-likeness (QED) is 0.158. The zero-order chi connectivity index (χ0) is 38.5. The summed E-state index contributed by atoms with van der Waals surface area (Å²) in [6.07, 6.45) is 4.38. The highest BCUT2D eigenvalue weighted by Gasteiger charge is 2.30. The Kier molecular flexibility index (Phi) is 8.43. The molecule has 0 radical (unpaired) electrons. The number of para-hydroxylation sites is 4. The number of anilines is 6. The summed E-state index contributed by atoms with van der Waals surface area (Å²) in [5.74, 6) is 0. The van der Waals surface area contributed by atoms with Gasteiger partial charge in [0.2, 0.25) is 0 Å². The molecule has 0 atom stereocenters. The number of benzene rings is 8. The lowest BCUT2D eigenvalue weighted by molar-refractivity contribution is 1.17. The Bertz CT molecular complexity index is 3000. The summed E-state index contributed by atoms with van der Waals surface area (Å²) in [5.41, 5.74) is 9.98. The molecule has 0 saturated heterocycles. The fourth-order valence-corrected chi connectivity index (χ4v) is 14.5. The van der Waals surface area contributed by atoms with Gasteiger partial charge in [0.15, 0.2) is 0 Å². The number of thiophene rings is 2. The molecule has 2 nitrogen and oxygen atoms in total. The van der Waals surface area contributed by atoms with Gasteiger partial charge in [-0.15, -0.1) is 46.2 Å². The lowest BCUT2D eigenvalue weighted by Crippen LogP contribution is -2.15. The summed E-state index contributed by atoms with van der Waals surface area (Å²) >= 11 is 11.2. The van der Waals surface area contributed by atoms with Crippen LogP contribution in [0.4, 0.5) is 34.1 Å². The fraction of sp³-hybridized carbons (Fsp3) is 0.0400. The SMILES string of the molecule is CSc1cc(N2c3ccccc3Sc3ccccc32)c2c(c1)sc1c(-c3cccc4c3sc3cc(SC)cc(N5c6ccccc6Sc6ccccc65)c34)cccc12. The number of hydrogen-bond acceptors (Lipinski definition) is 8. The Morgan fingerprint density at radius 1 is 0.379 bits per heavy atom. The molecule has 278 valence electrons. The van der Waals surface area contributed by atoms with Crippen LogP contribution in [0.25, 0.3) is 51.5 Å². The Morgan fingerprint density at radius 2 is 0.741 bits per heavy atom. The zero-order valence-electron chi connectivity index (χ0n) is 31.4. The van der Waals surface area contributed by atoms with E-state index in [0.29, 0.717) is 0 Å². The molecule has 0 bridgehead atoms. The van der Waals surface area contributed by atoms with Crippen molar-refractivity contribution in [3.05, 3.63) is 158 Å². The van der Waals surface area contributed by atoms with Crippen molar-refractivity contribution in [1.82, 2.24) is 0 Å². The largest absolute Gasteiger partial charge is 0.307 e. The Labute approximate surface area is 361 Å². The van der Waals surface area contributed by atoms with Gasteiger partial charge in [0.25, 0.3) is 0 Å². The number of hydrogen-bond donors (Lipinski definition) is 0. The van der Waals surface area contributed by atoms with E-state index in [1.165, 1.54) is 115 Å². The van der Waals surface area contributed by atoms with Gasteiger partial charge in [-0.2, -0.15) is 0 Å². The van der Waals surface area contributed by atoms with Crippen LogP contribution in [0.1, 0.15) is 0 Å². The van der Waals surface area contributed by atoms with Crippen LogP contribution in [0.3, 0.4) is 0 Å². The van der Waals surface area contributed by atoms with E-state index >= 15 is 0 Å². The van der Waals surface area contributed by atoms with Gasteiger partial charge in [-0.25, -0.2) is 0 Å². The average Bonchev–Trinajstić information content (AvgIpc) is 3.85. The fourth-order valence-electron chi connectivity index (χ4n) is 8.70. The summed E-state index contributed by atoms with van der Waals surface area (Å²) in [7, 11) is 0. The third-order valence-electron chi connectivity index (χ3n) is 11.2. The maximum atomic E-state index is 2.51. The van der Waals surface area contributed by atoms with Crippen LogP contribution in [0.2, 0.25) is 0 Å². The van der Waals surface area contributed by atoms with Crippen LogP contribution in [0, 0.1) is 0 Å². The van der Waals surface area contributed by atoms with Crippen molar-refractivity contribution in [3.8, 4) is 11.1 Å². The van der Waals surface area contributed by atoms with E-state index < -0.39 is 0 Å². The van der Waals surface area contributed by atoms with E-state index in [-0.39, 0.29) is 0 Å². The predicted molar refractivity (Wildman–Crippen MR) is 259 cm³/mol. The molecular formula is C50H32N2S6. The smallest absolute Gasteiger partial charge is 0.0601 e. The van der Waals surface area contributed by atoms with Crippen molar-refractivity contribution in [1.29, 1.82) is 0 Å². The van der Waals surface area contributed by atoms with Crippen LogP contribution in [0.15, 0.2) is 187 Å². The van der Waals surface area contributed by atoms with E-state index in [4.69, 9.17) is 0 Å². The van der Waals surface area contributed by atoms with Crippen LogP contribution in [-0.2, 0) is 0 Å². The highest BCUT2D eigenvalue weighted by molar-refractivity contribution is 8.00. The summed E-state index contributed by atoms with van der Waals surface area (Å²) in [4.78, 5) is 12.7. The minimum atomic E-state index is 1.23. The summed E-state index contributed by atoms with van der Waals surface area (Å²) in [6.45, 7) is 0. The van der Waals surface area contributed by atoms with Gasteiger partial charge in [-0.3, -0.25) is 0 Å². The van der Waals surface area contributed by atoms with E-state index in [0.717, 1.165) is 0 Å². The Balaban J connectivity index is 1.10. The van der Waals surface area contributed by atoms with Gasteiger partial charge in [0, 0.05) is 80.8 Å². The third-order valence-corrected chi connectivity index (χ3v) is 17.3. The van der Waals surface area contributed by atoms with Gasteiger partial charge in [-0.1, -0.05) is 108 Å². The van der Waals surface area contributed by atoms with Crippen LogP contribution in [-0.4, -0.2) is 12.5 Å². The molecule has 2 aliphatic heterocycles. The zero-order valence-corrected chi connectivity index (χ0v) is 36.3. The molecule has 12 rings (SSSR count). The molecule has 0 spiro atoms. The molecular weight excluding hydrogens is 821 g/mol. The first-order chi connectivity index (χ1) is 28.7. The van der Waals surface area contributed by atoms with Crippen molar-refractivity contribution in [2.24, 2.45) is 0 Å². The lowest BCUT2D eigenvalue weighted by atomic mass is 9.99. The molecule has 10 aromatic rings. The predicted octanol–water partition coefficient (Wildman–Crippen LogP) is 17.4. The molecule has 8 aromatic carbocycles. The molecule has 4 heterocycles. The average molecular weight is 853 g/mol. The molecule has 0 fully saturated rings. The number of fused-ring (bicyclic) bond motifs is 10. The molecule has 0 N–H and O–H groups in total. The first-order valence-corrected chi connectivity index (χ1v) is 24.8. The first-order valence-electron chi connectivity index (χ1n) is 19.1. The third kappa shape index (κ3) is 5.36. The summed E-state index contributed by atoms with van der Waals surface area (Å²) in [6, 6.07) is 58.9. The molecule has 2 aliphatic rings. The summed E-state index contributed by atoms with van der Waals surface area (Å²) < 4.78 is 5.29. The topological polar surface area (TPSA) is 6.48 Å². The molecule has 2 aromatic heterocycles. The van der Waals surface area contributed by atoms with E-state index in [2.05, 4.69) is 180 Å². The molecule has 0 aliphatic carbocycles.